The predicted octanol–water partition coefficient (Wildman–Crippen LogP) is 3.75. The van der Waals surface area contributed by atoms with Gasteiger partial charge in [0, 0.05) is 19.6 Å². The SMILES string of the molecule is C=CCN(Cc1ccccc1)CC(C=C)NC(=O)OC(C)(C)C. The Balaban J connectivity index is 2.63. The highest BCUT2D eigenvalue weighted by molar-refractivity contribution is 5.68. The van der Waals surface area contributed by atoms with Crippen LogP contribution in [0.25, 0.3) is 0 Å². The molecule has 4 heteroatoms. The minimum Gasteiger partial charge on any atom is -0.444 e. The summed E-state index contributed by atoms with van der Waals surface area (Å²) in [5, 5.41) is 2.84. The molecule has 0 fully saturated rings. The lowest BCUT2D eigenvalue weighted by atomic mass is 10.2. The molecule has 0 radical (unpaired) electrons. The number of alkyl carbamates (subject to hydrolysis) is 1. The third-order valence-electron chi connectivity index (χ3n) is 3.08. The Morgan fingerprint density at radius 2 is 1.96 bits per heavy atom. The Morgan fingerprint density at radius 1 is 1.30 bits per heavy atom. The van der Waals surface area contributed by atoms with Crippen molar-refractivity contribution in [3.8, 4) is 0 Å². The van der Waals surface area contributed by atoms with Gasteiger partial charge in [-0.15, -0.1) is 13.2 Å². The number of hydrogen-bond donors (Lipinski definition) is 1. The lowest BCUT2D eigenvalue weighted by Crippen LogP contribution is -2.44. The van der Waals surface area contributed by atoms with E-state index in [1.165, 1.54) is 5.56 Å². The first-order valence-corrected chi connectivity index (χ1v) is 7.83. The lowest BCUT2D eigenvalue weighted by molar-refractivity contribution is 0.0505. The lowest BCUT2D eigenvalue weighted by Gasteiger charge is -2.27. The van der Waals surface area contributed by atoms with Gasteiger partial charge < -0.3 is 10.1 Å². The minimum absolute atomic E-state index is 0.187. The van der Waals surface area contributed by atoms with Crippen LogP contribution >= 0.6 is 0 Å². The highest BCUT2D eigenvalue weighted by atomic mass is 16.6. The summed E-state index contributed by atoms with van der Waals surface area (Å²) in [7, 11) is 0. The van der Waals surface area contributed by atoms with Gasteiger partial charge in [0.15, 0.2) is 0 Å². The summed E-state index contributed by atoms with van der Waals surface area (Å²) in [4.78, 5) is 14.1. The van der Waals surface area contributed by atoms with E-state index in [1.807, 2.05) is 45.0 Å². The summed E-state index contributed by atoms with van der Waals surface area (Å²) in [6.07, 6.45) is 3.15. The molecule has 1 N–H and O–H groups in total. The maximum absolute atomic E-state index is 11.9. The summed E-state index contributed by atoms with van der Waals surface area (Å²) in [5.74, 6) is 0. The molecule has 0 aliphatic carbocycles. The fourth-order valence-electron chi connectivity index (χ4n) is 2.14. The van der Waals surface area contributed by atoms with Gasteiger partial charge in [-0.1, -0.05) is 42.5 Å². The van der Waals surface area contributed by atoms with Crippen molar-refractivity contribution in [2.24, 2.45) is 0 Å². The molecule has 1 aromatic rings. The molecular formula is C19H28N2O2. The van der Waals surface area contributed by atoms with Gasteiger partial charge in [-0.3, -0.25) is 4.90 Å². The summed E-state index contributed by atoms with van der Waals surface area (Å²) in [6.45, 7) is 15.3. The Morgan fingerprint density at radius 3 is 2.48 bits per heavy atom. The number of nitrogens with zero attached hydrogens (tertiary/aromatic N) is 1. The molecule has 0 aliphatic heterocycles. The van der Waals surface area contributed by atoms with Crippen LogP contribution in [-0.4, -0.2) is 35.7 Å². The van der Waals surface area contributed by atoms with Crippen molar-refractivity contribution in [3.63, 3.8) is 0 Å². The third-order valence-corrected chi connectivity index (χ3v) is 3.08. The summed E-state index contributed by atoms with van der Waals surface area (Å²) >= 11 is 0. The Kier molecular flexibility index (Phi) is 7.55. The Labute approximate surface area is 139 Å². The van der Waals surface area contributed by atoms with E-state index < -0.39 is 11.7 Å². The van der Waals surface area contributed by atoms with Crippen molar-refractivity contribution in [1.29, 1.82) is 0 Å². The molecule has 0 saturated carbocycles. The first kappa shape index (κ1) is 19.0. The summed E-state index contributed by atoms with van der Waals surface area (Å²) in [5.41, 5.74) is 0.704. The minimum atomic E-state index is -0.513. The number of carbonyl (C=O) groups is 1. The van der Waals surface area contributed by atoms with Crippen LogP contribution in [0.15, 0.2) is 55.6 Å². The van der Waals surface area contributed by atoms with Crippen molar-refractivity contribution in [2.75, 3.05) is 13.1 Å². The van der Waals surface area contributed by atoms with Crippen LogP contribution in [0.1, 0.15) is 26.3 Å². The first-order valence-electron chi connectivity index (χ1n) is 7.83. The standard InChI is InChI=1S/C19H28N2O2/c1-6-13-21(14-16-11-9-8-10-12-16)15-17(7-2)20-18(22)23-19(3,4)5/h6-12,17H,1-2,13-15H2,3-5H3,(H,20,22). The van der Waals surface area contributed by atoms with E-state index >= 15 is 0 Å². The second-order valence-corrected chi connectivity index (χ2v) is 6.46. The molecule has 1 amide bonds. The predicted molar refractivity (Wildman–Crippen MR) is 95.3 cm³/mol. The molecule has 0 aliphatic rings. The fourth-order valence-corrected chi connectivity index (χ4v) is 2.14. The van der Waals surface area contributed by atoms with Crippen molar-refractivity contribution < 1.29 is 9.53 Å². The van der Waals surface area contributed by atoms with Gasteiger partial charge in [0.05, 0.1) is 6.04 Å². The van der Waals surface area contributed by atoms with E-state index in [0.717, 1.165) is 13.1 Å². The highest BCUT2D eigenvalue weighted by Gasteiger charge is 2.19. The van der Waals surface area contributed by atoms with E-state index in [0.29, 0.717) is 6.54 Å². The van der Waals surface area contributed by atoms with E-state index in [9.17, 15) is 4.79 Å². The van der Waals surface area contributed by atoms with Crippen LogP contribution in [0.5, 0.6) is 0 Å². The average Bonchev–Trinajstić information content (AvgIpc) is 2.45. The monoisotopic (exact) mass is 316 g/mol. The molecule has 0 bridgehead atoms. The normalized spacial score (nSPS) is 12.5. The molecule has 1 aromatic carbocycles. The number of ether oxygens (including phenoxy) is 1. The van der Waals surface area contributed by atoms with Crippen LogP contribution in [0.4, 0.5) is 4.79 Å². The summed E-state index contributed by atoms with van der Waals surface area (Å²) < 4.78 is 5.29. The molecule has 126 valence electrons. The molecular weight excluding hydrogens is 288 g/mol. The zero-order valence-electron chi connectivity index (χ0n) is 14.4. The van der Waals surface area contributed by atoms with Gasteiger partial charge in [0.25, 0.3) is 0 Å². The van der Waals surface area contributed by atoms with E-state index in [-0.39, 0.29) is 6.04 Å². The molecule has 1 rings (SSSR count). The zero-order valence-corrected chi connectivity index (χ0v) is 14.4. The van der Waals surface area contributed by atoms with E-state index in [2.05, 4.69) is 35.5 Å². The largest absolute Gasteiger partial charge is 0.444 e. The van der Waals surface area contributed by atoms with Gasteiger partial charge in [-0.05, 0) is 26.3 Å². The molecule has 1 atom stereocenters. The number of carbonyl (C=O) groups excluding carboxylic acids is 1. The van der Waals surface area contributed by atoms with Crippen molar-refractivity contribution in [2.45, 2.75) is 39.0 Å². The van der Waals surface area contributed by atoms with Gasteiger partial charge in [0.1, 0.15) is 5.60 Å². The first-order chi connectivity index (χ1) is 10.8. The van der Waals surface area contributed by atoms with Gasteiger partial charge in [-0.2, -0.15) is 0 Å². The molecule has 1 unspecified atom stereocenters. The van der Waals surface area contributed by atoms with Crippen LogP contribution < -0.4 is 5.32 Å². The molecule has 0 heterocycles. The fraction of sp³-hybridized carbons (Fsp3) is 0.421. The Bertz CT molecular complexity index is 506. The zero-order chi connectivity index (χ0) is 17.3. The smallest absolute Gasteiger partial charge is 0.408 e. The Hall–Kier alpha value is -2.07. The molecule has 0 aromatic heterocycles. The maximum atomic E-state index is 11.9. The highest BCUT2D eigenvalue weighted by Crippen LogP contribution is 2.08. The average molecular weight is 316 g/mol. The molecule has 23 heavy (non-hydrogen) atoms. The van der Waals surface area contributed by atoms with Gasteiger partial charge >= 0.3 is 6.09 Å². The second-order valence-electron chi connectivity index (χ2n) is 6.46. The van der Waals surface area contributed by atoms with Crippen LogP contribution in [0.2, 0.25) is 0 Å². The second kappa shape index (κ2) is 9.16. The number of nitrogens with one attached hydrogen (secondary N) is 1. The molecule has 0 spiro atoms. The van der Waals surface area contributed by atoms with Crippen LogP contribution in [0.3, 0.4) is 0 Å². The molecule has 4 nitrogen and oxygen atoms in total. The van der Waals surface area contributed by atoms with Crippen LogP contribution in [-0.2, 0) is 11.3 Å². The number of benzene rings is 1. The van der Waals surface area contributed by atoms with Gasteiger partial charge in [0.2, 0.25) is 0 Å². The van der Waals surface area contributed by atoms with Crippen LogP contribution in [0, 0.1) is 0 Å². The van der Waals surface area contributed by atoms with E-state index in [1.54, 1.807) is 6.08 Å². The number of rotatable bonds is 8. The third kappa shape index (κ3) is 8.21. The van der Waals surface area contributed by atoms with E-state index in [4.69, 9.17) is 4.74 Å². The number of hydrogen-bond acceptors (Lipinski definition) is 3. The topological polar surface area (TPSA) is 41.6 Å². The number of amides is 1. The maximum Gasteiger partial charge on any atom is 0.408 e. The van der Waals surface area contributed by atoms with Gasteiger partial charge in [-0.25, -0.2) is 4.79 Å². The van der Waals surface area contributed by atoms with Crippen molar-refractivity contribution in [3.05, 3.63) is 61.2 Å². The van der Waals surface area contributed by atoms with Crippen molar-refractivity contribution in [1.82, 2.24) is 10.2 Å². The van der Waals surface area contributed by atoms with Crippen molar-refractivity contribution >= 4 is 6.09 Å². The summed E-state index contributed by atoms with van der Waals surface area (Å²) in [6, 6.07) is 10.0. The quantitative estimate of drug-likeness (QED) is 0.743. The molecule has 0 saturated heterocycles.